The minimum absolute atomic E-state index is 0.0989. The Bertz CT molecular complexity index is 483. The van der Waals surface area contributed by atoms with Crippen LogP contribution in [0.2, 0.25) is 0 Å². The summed E-state index contributed by atoms with van der Waals surface area (Å²) >= 11 is 6.25. The van der Waals surface area contributed by atoms with Crippen LogP contribution in [0.15, 0.2) is 18.2 Å². The molecule has 0 heterocycles. The number of methoxy groups -OCH3 is 2. The van der Waals surface area contributed by atoms with Gasteiger partial charge >= 0.3 is 0 Å². The molecule has 0 spiro atoms. The third kappa shape index (κ3) is 5.84. The Kier molecular flexibility index (Phi) is 6.34. The number of nitrogens with one attached hydrogen (secondary N) is 1. The normalized spacial score (nSPS) is 12.7. The number of alkyl halides is 1. The highest BCUT2D eigenvalue weighted by molar-refractivity contribution is 6.21. The zero-order valence-electron chi connectivity index (χ0n) is 13.3. The van der Waals surface area contributed by atoms with Crippen LogP contribution < -0.4 is 14.8 Å². The molecule has 0 radical (unpaired) electrons. The van der Waals surface area contributed by atoms with E-state index in [2.05, 4.69) is 26.1 Å². The van der Waals surface area contributed by atoms with Gasteiger partial charge < -0.3 is 14.8 Å². The van der Waals surface area contributed by atoms with Gasteiger partial charge in [-0.15, -0.1) is 11.6 Å². The molecule has 4 nitrogen and oxygen atoms in total. The lowest BCUT2D eigenvalue weighted by Gasteiger charge is -2.22. The molecule has 5 heteroatoms. The van der Waals surface area contributed by atoms with Gasteiger partial charge in [0.25, 0.3) is 5.91 Å². The first kappa shape index (κ1) is 17.6. The molecule has 0 aliphatic rings. The molecular formula is C16H24ClNO3. The lowest BCUT2D eigenvalue weighted by Crippen LogP contribution is -2.31. The van der Waals surface area contributed by atoms with Crippen LogP contribution in [0.1, 0.15) is 37.6 Å². The number of carbonyl (C=O) groups is 1. The molecule has 1 rings (SSSR count). The Labute approximate surface area is 131 Å². The molecule has 1 amide bonds. The van der Waals surface area contributed by atoms with Crippen molar-refractivity contribution in [3.05, 3.63) is 23.8 Å². The molecule has 1 unspecified atom stereocenters. The van der Waals surface area contributed by atoms with Crippen molar-refractivity contribution in [2.24, 2.45) is 5.41 Å². The maximum atomic E-state index is 12.2. The van der Waals surface area contributed by atoms with Gasteiger partial charge in [0, 0.05) is 12.6 Å². The monoisotopic (exact) mass is 313 g/mol. The van der Waals surface area contributed by atoms with E-state index in [9.17, 15) is 4.79 Å². The zero-order valence-corrected chi connectivity index (χ0v) is 14.1. The second kappa shape index (κ2) is 7.55. The summed E-state index contributed by atoms with van der Waals surface area (Å²) in [5.41, 5.74) is 0.604. The summed E-state index contributed by atoms with van der Waals surface area (Å²) in [6, 6.07) is 5.09. The fourth-order valence-electron chi connectivity index (χ4n) is 2.02. The lowest BCUT2D eigenvalue weighted by atomic mass is 9.90. The molecule has 0 aliphatic heterocycles. The van der Waals surface area contributed by atoms with Crippen molar-refractivity contribution in [2.75, 3.05) is 20.8 Å². The molecule has 0 saturated carbocycles. The smallest absolute Gasteiger partial charge is 0.255 e. The van der Waals surface area contributed by atoms with Crippen LogP contribution in [0, 0.1) is 5.41 Å². The first-order valence-corrected chi connectivity index (χ1v) is 7.35. The van der Waals surface area contributed by atoms with Gasteiger partial charge in [-0.1, -0.05) is 20.8 Å². The third-order valence-electron chi connectivity index (χ3n) is 2.97. The van der Waals surface area contributed by atoms with Crippen molar-refractivity contribution in [3.63, 3.8) is 0 Å². The topological polar surface area (TPSA) is 47.6 Å². The first-order chi connectivity index (χ1) is 9.76. The summed E-state index contributed by atoms with van der Waals surface area (Å²) in [7, 11) is 3.09. The average Bonchev–Trinajstić information content (AvgIpc) is 2.42. The van der Waals surface area contributed by atoms with E-state index in [1.165, 1.54) is 7.11 Å². The van der Waals surface area contributed by atoms with Crippen LogP contribution >= 0.6 is 11.6 Å². The average molecular weight is 314 g/mol. The van der Waals surface area contributed by atoms with Crippen LogP contribution in [0.5, 0.6) is 11.5 Å². The summed E-state index contributed by atoms with van der Waals surface area (Å²) in [6.45, 7) is 6.79. The van der Waals surface area contributed by atoms with Gasteiger partial charge in [-0.05, 0) is 24.0 Å². The van der Waals surface area contributed by atoms with Gasteiger partial charge in [0.1, 0.15) is 11.5 Å². The van der Waals surface area contributed by atoms with Crippen LogP contribution in [0.4, 0.5) is 0 Å². The second-order valence-corrected chi connectivity index (χ2v) is 6.76. The van der Waals surface area contributed by atoms with Crippen molar-refractivity contribution in [1.29, 1.82) is 0 Å². The van der Waals surface area contributed by atoms with Gasteiger partial charge in [-0.25, -0.2) is 0 Å². The molecule has 118 valence electrons. The quantitative estimate of drug-likeness (QED) is 0.818. The van der Waals surface area contributed by atoms with Crippen molar-refractivity contribution < 1.29 is 14.3 Å². The van der Waals surface area contributed by atoms with Crippen molar-refractivity contribution >= 4 is 17.5 Å². The largest absolute Gasteiger partial charge is 0.497 e. The van der Waals surface area contributed by atoms with E-state index >= 15 is 0 Å². The number of halogens is 1. The molecule has 21 heavy (non-hydrogen) atoms. The van der Waals surface area contributed by atoms with Gasteiger partial charge in [-0.3, -0.25) is 4.79 Å². The number of rotatable bonds is 6. The van der Waals surface area contributed by atoms with Gasteiger partial charge in [0.2, 0.25) is 0 Å². The molecule has 0 fully saturated rings. The van der Waals surface area contributed by atoms with E-state index in [0.717, 1.165) is 6.42 Å². The van der Waals surface area contributed by atoms with E-state index in [0.29, 0.717) is 23.6 Å². The Morgan fingerprint density at radius 3 is 2.48 bits per heavy atom. The SMILES string of the molecule is COc1ccc(C(=O)NCC(Cl)CC(C)(C)C)c(OC)c1. The zero-order chi connectivity index (χ0) is 16.0. The van der Waals surface area contributed by atoms with Crippen molar-refractivity contribution in [3.8, 4) is 11.5 Å². The van der Waals surface area contributed by atoms with Gasteiger partial charge in [0.05, 0.1) is 25.2 Å². The summed E-state index contributed by atoms with van der Waals surface area (Å²) in [5.74, 6) is 0.925. The highest BCUT2D eigenvalue weighted by Crippen LogP contribution is 2.25. The number of hydrogen-bond acceptors (Lipinski definition) is 3. The lowest BCUT2D eigenvalue weighted by molar-refractivity contribution is 0.0949. The minimum atomic E-state index is -0.200. The van der Waals surface area contributed by atoms with Crippen LogP contribution in [0.3, 0.4) is 0 Å². The highest BCUT2D eigenvalue weighted by Gasteiger charge is 2.19. The molecule has 1 N–H and O–H groups in total. The summed E-state index contributed by atoms with van der Waals surface area (Å²) in [5, 5.41) is 2.74. The predicted molar refractivity (Wildman–Crippen MR) is 85.6 cm³/mol. The van der Waals surface area contributed by atoms with E-state index < -0.39 is 0 Å². The molecule has 1 aromatic rings. The van der Waals surface area contributed by atoms with E-state index in [4.69, 9.17) is 21.1 Å². The van der Waals surface area contributed by atoms with Crippen LogP contribution in [-0.2, 0) is 0 Å². The van der Waals surface area contributed by atoms with Crippen molar-refractivity contribution in [2.45, 2.75) is 32.6 Å². The van der Waals surface area contributed by atoms with E-state index in [1.807, 2.05) is 0 Å². The molecular weight excluding hydrogens is 290 g/mol. The Balaban J connectivity index is 2.68. The molecule has 0 bridgehead atoms. The predicted octanol–water partition coefficient (Wildman–Crippen LogP) is 3.48. The number of benzene rings is 1. The molecule has 1 aromatic carbocycles. The second-order valence-electron chi connectivity index (χ2n) is 6.14. The Hall–Kier alpha value is -1.42. The van der Waals surface area contributed by atoms with E-state index in [1.54, 1.807) is 25.3 Å². The number of amides is 1. The number of ether oxygens (including phenoxy) is 2. The number of hydrogen-bond donors (Lipinski definition) is 1. The van der Waals surface area contributed by atoms with E-state index in [-0.39, 0.29) is 16.7 Å². The molecule has 0 aromatic heterocycles. The Morgan fingerprint density at radius 1 is 1.29 bits per heavy atom. The fraction of sp³-hybridized carbons (Fsp3) is 0.562. The summed E-state index contributed by atoms with van der Waals surface area (Å²) in [4.78, 5) is 12.2. The summed E-state index contributed by atoms with van der Waals surface area (Å²) in [6.07, 6.45) is 0.828. The third-order valence-corrected chi connectivity index (χ3v) is 3.28. The standard InChI is InChI=1S/C16H24ClNO3/c1-16(2,3)9-11(17)10-18-15(19)13-7-6-12(20-4)8-14(13)21-5/h6-8,11H,9-10H2,1-5H3,(H,18,19). The first-order valence-electron chi connectivity index (χ1n) is 6.91. The number of carbonyl (C=O) groups excluding carboxylic acids is 1. The molecule has 1 atom stereocenters. The maximum absolute atomic E-state index is 12.2. The molecule has 0 aliphatic carbocycles. The minimum Gasteiger partial charge on any atom is -0.497 e. The van der Waals surface area contributed by atoms with Crippen LogP contribution in [-0.4, -0.2) is 32.0 Å². The summed E-state index contributed by atoms with van der Waals surface area (Å²) < 4.78 is 10.3. The van der Waals surface area contributed by atoms with Gasteiger partial charge in [0.15, 0.2) is 0 Å². The van der Waals surface area contributed by atoms with Gasteiger partial charge in [-0.2, -0.15) is 0 Å². The fourth-order valence-corrected chi connectivity index (χ4v) is 2.56. The highest BCUT2D eigenvalue weighted by atomic mass is 35.5. The molecule has 0 saturated heterocycles. The van der Waals surface area contributed by atoms with Crippen molar-refractivity contribution in [1.82, 2.24) is 5.32 Å². The maximum Gasteiger partial charge on any atom is 0.255 e. The Morgan fingerprint density at radius 2 is 1.95 bits per heavy atom. The van der Waals surface area contributed by atoms with Crippen LogP contribution in [0.25, 0.3) is 0 Å².